The molecule has 1 heterocycles. The zero-order chi connectivity index (χ0) is 15.6. The topological polar surface area (TPSA) is 101 Å². The van der Waals surface area contributed by atoms with Crippen LogP contribution in [0.25, 0.3) is 0 Å². The van der Waals surface area contributed by atoms with Crippen molar-refractivity contribution in [1.29, 1.82) is 0 Å². The number of rotatable bonds is 7. The number of carbonyl (C=O) groups is 1. The number of nitrogens with one attached hydrogen (secondary N) is 1. The average Bonchev–Trinajstić information content (AvgIpc) is 2.67. The van der Waals surface area contributed by atoms with E-state index in [2.05, 4.69) is 9.71 Å². The number of hydrogen-bond acceptors (Lipinski definition) is 4. The van der Waals surface area contributed by atoms with Gasteiger partial charge in [-0.25, -0.2) is 18.1 Å². The van der Waals surface area contributed by atoms with Crippen molar-refractivity contribution >= 4 is 16.0 Å². The van der Waals surface area contributed by atoms with Gasteiger partial charge in [0.25, 0.3) is 10.0 Å². The van der Waals surface area contributed by atoms with Crippen LogP contribution in [-0.4, -0.2) is 34.6 Å². The van der Waals surface area contributed by atoms with Crippen LogP contribution in [0.3, 0.4) is 0 Å². The number of aliphatic carboxylic acids is 1. The number of imidazole rings is 1. The summed E-state index contributed by atoms with van der Waals surface area (Å²) in [5, 5.41) is 8.63. The molecule has 0 atom stereocenters. The molecule has 0 aromatic carbocycles. The molecule has 0 bridgehead atoms. The van der Waals surface area contributed by atoms with Gasteiger partial charge in [-0.05, 0) is 34.1 Å². The first-order chi connectivity index (χ1) is 9.07. The molecule has 0 radical (unpaired) electrons. The lowest BCUT2D eigenvalue weighted by Crippen LogP contribution is -2.43. The largest absolute Gasteiger partial charge is 0.481 e. The van der Waals surface area contributed by atoms with Crippen molar-refractivity contribution in [2.24, 2.45) is 0 Å². The van der Waals surface area contributed by atoms with Gasteiger partial charge in [0.2, 0.25) is 0 Å². The highest BCUT2D eigenvalue weighted by atomic mass is 32.2. The van der Waals surface area contributed by atoms with Crippen LogP contribution >= 0.6 is 0 Å². The molecule has 0 amide bonds. The average molecular weight is 303 g/mol. The van der Waals surface area contributed by atoms with E-state index in [9.17, 15) is 13.2 Å². The fourth-order valence-corrected chi connectivity index (χ4v) is 3.27. The third-order valence-electron chi connectivity index (χ3n) is 2.94. The van der Waals surface area contributed by atoms with Gasteiger partial charge in [-0.1, -0.05) is 0 Å². The number of sulfonamides is 1. The zero-order valence-electron chi connectivity index (χ0n) is 12.2. The molecule has 0 spiro atoms. The SMILES string of the molecule is CCn1cc(S(=O)(=O)NC(C)(C)CCC(=O)O)nc1C. The van der Waals surface area contributed by atoms with Crippen LogP contribution in [0.5, 0.6) is 0 Å². The van der Waals surface area contributed by atoms with Gasteiger partial charge in [-0.3, -0.25) is 4.79 Å². The van der Waals surface area contributed by atoms with Crippen LogP contribution in [-0.2, 0) is 21.4 Å². The smallest absolute Gasteiger partial charge is 0.303 e. The summed E-state index contributed by atoms with van der Waals surface area (Å²) in [5.74, 6) is -0.334. The molecule has 0 aliphatic carbocycles. The molecule has 20 heavy (non-hydrogen) atoms. The van der Waals surface area contributed by atoms with Gasteiger partial charge in [-0.2, -0.15) is 0 Å². The quantitative estimate of drug-likeness (QED) is 0.786. The Bertz CT molecular complexity index is 590. The maximum absolute atomic E-state index is 12.2. The van der Waals surface area contributed by atoms with Crippen molar-refractivity contribution in [3.63, 3.8) is 0 Å². The van der Waals surface area contributed by atoms with Crippen molar-refractivity contribution in [1.82, 2.24) is 14.3 Å². The predicted octanol–water partition coefficient (Wildman–Crippen LogP) is 1.13. The Morgan fingerprint density at radius 1 is 1.50 bits per heavy atom. The monoisotopic (exact) mass is 303 g/mol. The number of nitrogens with zero attached hydrogens (tertiary/aromatic N) is 2. The minimum absolute atomic E-state index is 0.0414. The Kier molecular flexibility index (Phi) is 4.93. The van der Waals surface area contributed by atoms with Gasteiger partial charge >= 0.3 is 5.97 Å². The summed E-state index contributed by atoms with van der Waals surface area (Å²) in [4.78, 5) is 14.6. The van der Waals surface area contributed by atoms with Crippen molar-refractivity contribution in [2.75, 3.05) is 0 Å². The molecule has 0 aliphatic rings. The van der Waals surface area contributed by atoms with Gasteiger partial charge in [0, 0.05) is 24.7 Å². The summed E-state index contributed by atoms with van der Waals surface area (Å²) < 4.78 is 28.7. The summed E-state index contributed by atoms with van der Waals surface area (Å²) in [5.41, 5.74) is -0.846. The van der Waals surface area contributed by atoms with Crippen LogP contribution in [0.15, 0.2) is 11.2 Å². The summed E-state index contributed by atoms with van der Waals surface area (Å²) >= 11 is 0. The first kappa shape index (κ1) is 16.6. The standard InChI is InChI=1S/C12H21N3O4S/c1-5-15-8-10(13-9(15)2)20(18,19)14-12(3,4)7-6-11(16)17/h8,14H,5-7H2,1-4H3,(H,16,17). The van der Waals surface area contributed by atoms with E-state index in [0.717, 1.165) is 0 Å². The number of aromatic nitrogens is 2. The molecule has 0 saturated heterocycles. The number of hydrogen-bond donors (Lipinski definition) is 2. The lowest BCUT2D eigenvalue weighted by atomic mass is 10.0. The third-order valence-corrected chi connectivity index (χ3v) is 4.51. The van der Waals surface area contributed by atoms with Crippen LogP contribution in [0.4, 0.5) is 0 Å². The number of aryl methyl sites for hydroxylation is 2. The normalized spacial score (nSPS) is 12.6. The summed E-state index contributed by atoms with van der Waals surface area (Å²) in [6.07, 6.45) is 1.58. The molecule has 0 unspecified atom stereocenters. The predicted molar refractivity (Wildman–Crippen MR) is 73.9 cm³/mol. The Labute approximate surface area is 119 Å². The first-order valence-corrected chi connectivity index (χ1v) is 7.85. The van der Waals surface area contributed by atoms with E-state index in [-0.39, 0.29) is 17.9 Å². The molecule has 8 heteroatoms. The van der Waals surface area contributed by atoms with Crippen molar-refractivity contribution in [3.05, 3.63) is 12.0 Å². The third kappa shape index (κ3) is 4.31. The molecule has 1 aromatic heterocycles. The highest BCUT2D eigenvalue weighted by molar-refractivity contribution is 7.89. The maximum atomic E-state index is 12.2. The van der Waals surface area contributed by atoms with Crippen LogP contribution in [0.2, 0.25) is 0 Å². The molecule has 0 saturated carbocycles. The van der Waals surface area contributed by atoms with Gasteiger partial charge in [0.1, 0.15) is 5.82 Å². The molecule has 0 fully saturated rings. The number of carboxylic acids is 1. The van der Waals surface area contributed by atoms with E-state index in [1.165, 1.54) is 6.20 Å². The lowest BCUT2D eigenvalue weighted by molar-refractivity contribution is -0.137. The van der Waals surface area contributed by atoms with E-state index in [1.807, 2.05) is 6.92 Å². The second-order valence-electron chi connectivity index (χ2n) is 5.30. The van der Waals surface area contributed by atoms with Gasteiger partial charge in [0.05, 0.1) is 0 Å². The minimum atomic E-state index is -3.75. The Morgan fingerprint density at radius 3 is 2.55 bits per heavy atom. The second kappa shape index (κ2) is 5.92. The lowest BCUT2D eigenvalue weighted by Gasteiger charge is -2.24. The van der Waals surface area contributed by atoms with Crippen molar-refractivity contribution in [3.8, 4) is 0 Å². The van der Waals surface area contributed by atoms with Gasteiger partial charge < -0.3 is 9.67 Å². The fraction of sp³-hybridized carbons (Fsp3) is 0.667. The summed E-state index contributed by atoms with van der Waals surface area (Å²) in [7, 11) is -3.75. The van der Waals surface area contributed by atoms with Crippen molar-refractivity contribution in [2.45, 2.75) is 57.6 Å². The minimum Gasteiger partial charge on any atom is -0.481 e. The van der Waals surface area contributed by atoms with E-state index in [4.69, 9.17) is 5.11 Å². The zero-order valence-corrected chi connectivity index (χ0v) is 13.0. The van der Waals surface area contributed by atoms with Gasteiger partial charge in [0.15, 0.2) is 5.03 Å². The molecule has 114 valence electrons. The summed E-state index contributed by atoms with van der Waals surface area (Å²) in [6.45, 7) is 7.57. The molecule has 1 rings (SSSR count). The first-order valence-electron chi connectivity index (χ1n) is 6.37. The molecule has 1 aromatic rings. The highest BCUT2D eigenvalue weighted by Crippen LogP contribution is 2.17. The second-order valence-corrected chi connectivity index (χ2v) is 6.92. The van der Waals surface area contributed by atoms with Crippen molar-refractivity contribution < 1.29 is 18.3 Å². The molecular formula is C12H21N3O4S. The van der Waals surface area contributed by atoms with E-state index >= 15 is 0 Å². The highest BCUT2D eigenvalue weighted by Gasteiger charge is 2.28. The Morgan fingerprint density at radius 2 is 2.10 bits per heavy atom. The summed E-state index contributed by atoms with van der Waals surface area (Å²) in [6, 6.07) is 0. The van der Waals surface area contributed by atoms with E-state index < -0.39 is 21.5 Å². The van der Waals surface area contributed by atoms with Crippen LogP contribution in [0, 0.1) is 6.92 Å². The number of carboxylic acid groups (broad SMARTS) is 1. The van der Waals surface area contributed by atoms with Crippen LogP contribution < -0.4 is 4.72 Å². The molecule has 2 N–H and O–H groups in total. The van der Waals surface area contributed by atoms with E-state index in [0.29, 0.717) is 12.4 Å². The molecular weight excluding hydrogens is 282 g/mol. The molecule has 0 aliphatic heterocycles. The Hall–Kier alpha value is -1.41. The fourth-order valence-electron chi connectivity index (χ4n) is 1.82. The Balaban J connectivity index is 2.90. The molecule has 7 nitrogen and oxygen atoms in total. The van der Waals surface area contributed by atoms with Crippen LogP contribution in [0.1, 0.15) is 39.4 Å². The van der Waals surface area contributed by atoms with Gasteiger partial charge in [-0.15, -0.1) is 0 Å². The van der Waals surface area contributed by atoms with E-state index in [1.54, 1.807) is 25.3 Å². The maximum Gasteiger partial charge on any atom is 0.303 e.